The first-order chi connectivity index (χ1) is 14.7. The van der Waals surface area contributed by atoms with Crippen molar-refractivity contribution in [3.05, 3.63) is 101 Å². The van der Waals surface area contributed by atoms with E-state index in [4.69, 9.17) is 16.3 Å². The van der Waals surface area contributed by atoms with Crippen molar-refractivity contribution in [3.8, 4) is 5.75 Å². The summed E-state index contributed by atoms with van der Waals surface area (Å²) < 4.78 is 5.81. The van der Waals surface area contributed by atoms with Crippen molar-refractivity contribution in [2.75, 3.05) is 26.2 Å². The number of carbonyl (C=O) groups excluding carboxylic acids is 1. The van der Waals surface area contributed by atoms with Crippen molar-refractivity contribution < 1.29 is 9.53 Å². The summed E-state index contributed by atoms with van der Waals surface area (Å²) in [5, 5.41) is 0.582. The molecule has 0 bridgehead atoms. The van der Waals surface area contributed by atoms with E-state index in [9.17, 15) is 4.79 Å². The van der Waals surface area contributed by atoms with Gasteiger partial charge in [0.15, 0.2) is 0 Å². The molecule has 1 aliphatic rings. The van der Waals surface area contributed by atoms with Crippen molar-refractivity contribution in [2.24, 2.45) is 0 Å². The Labute approximate surface area is 182 Å². The number of hydrogen-bond acceptors (Lipinski definition) is 3. The van der Waals surface area contributed by atoms with Gasteiger partial charge in [0.25, 0.3) is 5.91 Å². The maximum atomic E-state index is 13.0. The minimum Gasteiger partial charge on any atom is -0.487 e. The van der Waals surface area contributed by atoms with Gasteiger partial charge in [0.05, 0.1) is 5.02 Å². The third-order valence-electron chi connectivity index (χ3n) is 5.31. The largest absolute Gasteiger partial charge is 0.487 e. The standard InChI is InChI=1S/C25H25ClN2O2/c26-23-11-4-5-12-24(23)30-19-21-9-6-10-22(17-21)25(29)28-15-13-27(14-16-28)18-20-7-2-1-3-8-20/h1-12,17H,13-16,18-19H2. The molecule has 1 saturated heterocycles. The molecule has 1 heterocycles. The molecular formula is C25H25ClN2O2. The van der Waals surface area contributed by atoms with E-state index in [-0.39, 0.29) is 5.91 Å². The van der Waals surface area contributed by atoms with Crippen molar-refractivity contribution in [1.82, 2.24) is 9.80 Å². The Kier molecular flexibility index (Phi) is 6.67. The van der Waals surface area contributed by atoms with E-state index < -0.39 is 0 Å². The Balaban J connectivity index is 1.32. The number of piperazine rings is 1. The van der Waals surface area contributed by atoms with Gasteiger partial charge in [-0.25, -0.2) is 0 Å². The summed E-state index contributed by atoms with van der Waals surface area (Å²) in [5.41, 5.74) is 2.96. The molecule has 0 saturated carbocycles. The molecule has 1 fully saturated rings. The molecule has 0 aromatic heterocycles. The molecule has 0 unspecified atom stereocenters. The molecule has 5 heteroatoms. The van der Waals surface area contributed by atoms with E-state index in [0.717, 1.165) is 38.3 Å². The highest BCUT2D eigenvalue weighted by Crippen LogP contribution is 2.24. The Morgan fingerprint density at radius 1 is 0.833 bits per heavy atom. The van der Waals surface area contributed by atoms with Crippen LogP contribution in [-0.4, -0.2) is 41.9 Å². The topological polar surface area (TPSA) is 32.8 Å². The summed E-state index contributed by atoms with van der Waals surface area (Å²) in [5.74, 6) is 0.722. The fourth-order valence-electron chi connectivity index (χ4n) is 3.65. The number of nitrogens with zero attached hydrogens (tertiary/aromatic N) is 2. The molecular weight excluding hydrogens is 396 g/mol. The molecule has 30 heavy (non-hydrogen) atoms. The van der Waals surface area contributed by atoms with E-state index >= 15 is 0 Å². The summed E-state index contributed by atoms with van der Waals surface area (Å²) >= 11 is 6.15. The van der Waals surface area contributed by atoms with Gasteiger partial charge in [-0.2, -0.15) is 0 Å². The number of para-hydroxylation sites is 1. The van der Waals surface area contributed by atoms with Gasteiger partial charge >= 0.3 is 0 Å². The van der Waals surface area contributed by atoms with Crippen LogP contribution >= 0.6 is 11.6 Å². The summed E-state index contributed by atoms with van der Waals surface area (Å²) in [4.78, 5) is 17.3. The molecule has 0 aliphatic carbocycles. The molecule has 154 valence electrons. The zero-order chi connectivity index (χ0) is 20.8. The van der Waals surface area contributed by atoms with Crippen LogP contribution in [0.5, 0.6) is 5.75 Å². The molecule has 4 rings (SSSR count). The van der Waals surface area contributed by atoms with Gasteiger partial charge in [0.2, 0.25) is 0 Å². The molecule has 0 spiro atoms. The number of carbonyl (C=O) groups is 1. The Bertz CT molecular complexity index is 985. The Morgan fingerprint density at radius 3 is 2.30 bits per heavy atom. The van der Waals surface area contributed by atoms with Crippen LogP contribution in [0.2, 0.25) is 5.02 Å². The van der Waals surface area contributed by atoms with Gasteiger partial charge in [0.1, 0.15) is 12.4 Å². The van der Waals surface area contributed by atoms with Gasteiger partial charge in [-0.3, -0.25) is 9.69 Å². The van der Waals surface area contributed by atoms with Crippen LogP contribution < -0.4 is 4.74 Å². The minimum atomic E-state index is 0.0777. The second-order valence-electron chi connectivity index (χ2n) is 7.47. The number of benzene rings is 3. The number of amides is 1. The summed E-state index contributed by atoms with van der Waals surface area (Å²) in [6.45, 7) is 4.55. The minimum absolute atomic E-state index is 0.0777. The predicted octanol–water partition coefficient (Wildman–Crippen LogP) is 4.88. The van der Waals surface area contributed by atoms with Crippen molar-refractivity contribution in [1.29, 1.82) is 0 Å². The average molecular weight is 421 g/mol. The summed E-state index contributed by atoms with van der Waals surface area (Å²) in [7, 11) is 0. The maximum Gasteiger partial charge on any atom is 0.253 e. The third-order valence-corrected chi connectivity index (χ3v) is 5.63. The average Bonchev–Trinajstić information content (AvgIpc) is 2.79. The number of ether oxygens (including phenoxy) is 1. The molecule has 4 nitrogen and oxygen atoms in total. The summed E-state index contributed by atoms with van der Waals surface area (Å²) in [6.07, 6.45) is 0. The van der Waals surface area contributed by atoms with Crippen LogP contribution in [-0.2, 0) is 13.2 Å². The zero-order valence-corrected chi connectivity index (χ0v) is 17.6. The molecule has 3 aromatic carbocycles. The van der Waals surface area contributed by atoms with E-state index in [1.165, 1.54) is 5.56 Å². The van der Waals surface area contributed by atoms with Crippen LogP contribution in [0, 0.1) is 0 Å². The molecule has 0 radical (unpaired) electrons. The molecule has 1 aliphatic heterocycles. The predicted molar refractivity (Wildman–Crippen MR) is 120 cm³/mol. The quantitative estimate of drug-likeness (QED) is 0.570. The highest BCUT2D eigenvalue weighted by atomic mass is 35.5. The fourth-order valence-corrected chi connectivity index (χ4v) is 3.84. The first-order valence-corrected chi connectivity index (χ1v) is 10.6. The molecule has 0 N–H and O–H groups in total. The maximum absolute atomic E-state index is 13.0. The van der Waals surface area contributed by atoms with E-state index in [1.54, 1.807) is 6.07 Å². The molecule has 1 amide bonds. The van der Waals surface area contributed by atoms with Crippen LogP contribution in [0.15, 0.2) is 78.9 Å². The Morgan fingerprint density at radius 2 is 1.53 bits per heavy atom. The number of rotatable bonds is 6. The van der Waals surface area contributed by atoms with E-state index in [2.05, 4.69) is 29.2 Å². The monoisotopic (exact) mass is 420 g/mol. The lowest BCUT2D eigenvalue weighted by atomic mass is 10.1. The molecule has 3 aromatic rings. The second kappa shape index (κ2) is 9.79. The second-order valence-corrected chi connectivity index (χ2v) is 7.88. The van der Waals surface area contributed by atoms with Crippen molar-refractivity contribution in [3.63, 3.8) is 0 Å². The first-order valence-electron chi connectivity index (χ1n) is 10.2. The Hall–Kier alpha value is -2.82. The molecule has 0 atom stereocenters. The normalized spacial score (nSPS) is 14.5. The lowest BCUT2D eigenvalue weighted by Crippen LogP contribution is -2.48. The fraction of sp³-hybridized carbons (Fsp3) is 0.240. The van der Waals surface area contributed by atoms with Crippen LogP contribution in [0.3, 0.4) is 0 Å². The smallest absolute Gasteiger partial charge is 0.253 e. The van der Waals surface area contributed by atoms with Crippen molar-refractivity contribution >= 4 is 17.5 Å². The van der Waals surface area contributed by atoms with Gasteiger partial charge in [-0.15, -0.1) is 0 Å². The van der Waals surface area contributed by atoms with E-state index in [1.807, 2.05) is 53.4 Å². The summed E-state index contributed by atoms with van der Waals surface area (Å²) in [6, 6.07) is 25.5. The van der Waals surface area contributed by atoms with E-state index in [0.29, 0.717) is 22.9 Å². The number of hydrogen-bond donors (Lipinski definition) is 0. The van der Waals surface area contributed by atoms with Crippen LogP contribution in [0.1, 0.15) is 21.5 Å². The highest BCUT2D eigenvalue weighted by molar-refractivity contribution is 6.32. The van der Waals surface area contributed by atoms with Gasteiger partial charge in [-0.1, -0.05) is 66.2 Å². The van der Waals surface area contributed by atoms with Gasteiger partial charge < -0.3 is 9.64 Å². The first kappa shape index (κ1) is 20.5. The zero-order valence-electron chi connectivity index (χ0n) is 16.8. The lowest BCUT2D eigenvalue weighted by Gasteiger charge is -2.34. The van der Waals surface area contributed by atoms with Crippen LogP contribution in [0.25, 0.3) is 0 Å². The van der Waals surface area contributed by atoms with Crippen molar-refractivity contribution in [2.45, 2.75) is 13.2 Å². The number of halogens is 1. The van der Waals surface area contributed by atoms with Gasteiger partial charge in [0, 0.05) is 38.3 Å². The lowest BCUT2D eigenvalue weighted by molar-refractivity contribution is 0.0628. The SMILES string of the molecule is O=C(c1cccc(COc2ccccc2Cl)c1)N1CCN(Cc2ccccc2)CC1. The van der Waals surface area contributed by atoms with Crippen LogP contribution in [0.4, 0.5) is 0 Å². The highest BCUT2D eigenvalue weighted by Gasteiger charge is 2.22. The third kappa shape index (κ3) is 5.21. The van der Waals surface area contributed by atoms with Gasteiger partial charge in [-0.05, 0) is 35.4 Å².